The molecule has 1 atom stereocenters. The van der Waals surface area contributed by atoms with Crippen molar-refractivity contribution in [2.45, 2.75) is 31.7 Å². The summed E-state index contributed by atoms with van der Waals surface area (Å²) in [5.41, 5.74) is 6.85. The minimum absolute atomic E-state index is 0.568. The van der Waals surface area contributed by atoms with Gasteiger partial charge in [-0.1, -0.05) is 23.7 Å². The van der Waals surface area contributed by atoms with E-state index in [1.54, 1.807) is 0 Å². The fourth-order valence-electron chi connectivity index (χ4n) is 2.49. The Kier molecular flexibility index (Phi) is 4.08. The van der Waals surface area contributed by atoms with Crippen molar-refractivity contribution in [3.8, 4) is 0 Å². The quantitative estimate of drug-likeness (QED) is 0.877. The number of piperidine rings is 1. The molecule has 1 aliphatic rings. The van der Waals surface area contributed by atoms with Crippen LogP contribution in [0.1, 0.15) is 25.7 Å². The lowest BCUT2D eigenvalue weighted by molar-refractivity contribution is 0.442. The second-order valence-electron chi connectivity index (χ2n) is 4.37. The van der Waals surface area contributed by atoms with Crippen molar-refractivity contribution in [2.24, 2.45) is 5.73 Å². The smallest absolute Gasteiger partial charge is 0.0639 e. The molecule has 2 rings (SSSR count). The molecule has 1 saturated heterocycles. The molecule has 0 radical (unpaired) electrons. The van der Waals surface area contributed by atoms with Crippen LogP contribution >= 0.6 is 11.6 Å². The third-order valence-electron chi connectivity index (χ3n) is 3.29. The molecule has 1 aromatic rings. The highest BCUT2D eigenvalue weighted by Gasteiger charge is 2.23. The molecule has 2 nitrogen and oxygen atoms in total. The number of nitrogens with zero attached hydrogens (tertiary/aromatic N) is 1. The van der Waals surface area contributed by atoms with E-state index in [9.17, 15) is 0 Å². The highest BCUT2D eigenvalue weighted by molar-refractivity contribution is 6.33. The van der Waals surface area contributed by atoms with Gasteiger partial charge in [0, 0.05) is 12.6 Å². The van der Waals surface area contributed by atoms with Crippen molar-refractivity contribution < 1.29 is 0 Å². The molecule has 0 saturated carbocycles. The third-order valence-corrected chi connectivity index (χ3v) is 3.61. The van der Waals surface area contributed by atoms with Gasteiger partial charge in [0.15, 0.2) is 0 Å². The van der Waals surface area contributed by atoms with Crippen molar-refractivity contribution in [3.05, 3.63) is 29.3 Å². The van der Waals surface area contributed by atoms with Crippen LogP contribution in [0.2, 0.25) is 5.02 Å². The first kappa shape index (κ1) is 11.7. The maximum Gasteiger partial charge on any atom is 0.0639 e. The van der Waals surface area contributed by atoms with Gasteiger partial charge in [0.25, 0.3) is 0 Å². The van der Waals surface area contributed by atoms with Crippen LogP contribution < -0.4 is 10.6 Å². The summed E-state index contributed by atoms with van der Waals surface area (Å²) in [6.07, 6.45) is 4.87. The number of hydrogen-bond acceptors (Lipinski definition) is 2. The van der Waals surface area contributed by atoms with Crippen LogP contribution in [0.25, 0.3) is 0 Å². The van der Waals surface area contributed by atoms with Gasteiger partial charge in [-0.15, -0.1) is 0 Å². The normalized spacial score (nSPS) is 21.1. The molecule has 0 aliphatic carbocycles. The maximum atomic E-state index is 6.25. The first-order chi connectivity index (χ1) is 7.83. The first-order valence-corrected chi connectivity index (χ1v) is 6.42. The van der Waals surface area contributed by atoms with Crippen LogP contribution in [0.15, 0.2) is 24.3 Å². The average Bonchev–Trinajstić information content (AvgIpc) is 2.31. The lowest BCUT2D eigenvalue weighted by Crippen LogP contribution is -2.40. The summed E-state index contributed by atoms with van der Waals surface area (Å²) in [5, 5.41) is 0.853. The lowest BCUT2D eigenvalue weighted by atomic mass is 9.98. The van der Waals surface area contributed by atoms with Crippen LogP contribution in [0.5, 0.6) is 0 Å². The molecule has 1 heterocycles. The predicted octanol–water partition coefficient (Wildman–Crippen LogP) is 3.05. The molecule has 2 N–H and O–H groups in total. The Morgan fingerprint density at radius 1 is 1.31 bits per heavy atom. The number of hydrogen-bond donors (Lipinski definition) is 1. The Balaban J connectivity index is 2.19. The summed E-state index contributed by atoms with van der Waals surface area (Å²) in [5.74, 6) is 0. The summed E-state index contributed by atoms with van der Waals surface area (Å²) < 4.78 is 0. The highest BCUT2D eigenvalue weighted by atomic mass is 35.5. The molecule has 0 amide bonds. The van der Waals surface area contributed by atoms with E-state index in [1.165, 1.54) is 24.9 Å². The minimum Gasteiger partial charge on any atom is -0.367 e. The van der Waals surface area contributed by atoms with Crippen LogP contribution in [-0.2, 0) is 0 Å². The molecule has 1 aromatic carbocycles. The second kappa shape index (κ2) is 5.55. The van der Waals surface area contributed by atoms with Crippen molar-refractivity contribution in [2.75, 3.05) is 18.0 Å². The fourth-order valence-corrected chi connectivity index (χ4v) is 2.74. The van der Waals surface area contributed by atoms with E-state index in [1.807, 2.05) is 12.1 Å². The Labute approximate surface area is 102 Å². The molecular weight excluding hydrogens is 220 g/mol. The number of benzene rings is 1. The zero-order valence-corrected chi connectivity index (χ0v) is 10.3. The van der Waals surface area contributed by atoms with Gasteiger partial charge in [-0.3, -0.25) is 0 Å². The summed E-state index contributed by atoms with van der Waals surface area (Å²) >= 11 is 6.25. The van der Waals surface area contributed by atoms with Crippen molar-refractivity contribution in [1.29, 1.82) is 0 Å². The standard InChI is InChI=1S/C13H19ClN2/c14-12-6-1-2-7-13(12)16-10-4-3-5-11(16)8-9-15/h1-2,6-7,11H,3-5,8-10,15H2. The maximum absolute atomic E-state index is 6.25. The van der Waals surface area contributed by atoms with E-state index in [-0.39, 0.29) is 0 Å². The number of nitrogens with two attached hydrogens (primary N) is 1. The zero-order chi connectivity index (χ0) is 11.4. The molecule has 0 spiro atoms. The van der Waals surface area contributed by atoms with Gasteiger partial charge >= 0.3 is 0 Å². The van der Waals surface area contributed by atoms with Gasteiger partial charge < -0.3 is 10.6 Å². The van der Waals surface area contributed by atoms with Gasteiger partial charge in [0.2, 0.25) is 0 Å². The van der Waals surface area contributed by atoms with Gasteiger partial charge in [-0.2, -0.15) is 0 Å². The molecule has 1 unspecified atom stereocenters. The second-order valence-corrected chi connectivity index (χ2v) is 4.78. The molecule has 1 aliphatic heterocycles. The van der Waals surface area contributed by atoms with E-state index in [0.29, 0.717) is 6.04 Å². The van der Waals surface area contributed by atoms with E-state index in [2.05, 4.69) is 17.0 Å². The minimum atomic E-state index is 0.568. The summed E-state index contributed by atoms with van der Waals surface area (Å²) in [7, 11) is 0. The van der Waals surface area contributed by atoms with Crippen molar-refractivity contribution >= 4 is 17.3 Å². The molecule has 0 bridgehead atoms. The topological polar surface area (TPSA) is 29.3 Å². The van der Waals surface area contributed by atoms with Gasteiger partial charge in [-0.25, -0.2) is 0 Å². The molecule has 0 aromatic heterocycles. The Morgan fingerprint density at radius 3 is 2.88 bits per heavy atom. The largest absolute Gasteiger partial charge is 0.367 e. The molecule has 88 valence electrons. The first-order valence-electron chi connectivity index (χ1n) is 6.04. The van der Waals surface area contributed by atoms with Crippen LogP contribution in [0.4, 0.5) is 5.69 Å². The summed E-state index contributed by atoms with van der Waals surface area (Å²) in [4.78, 5) is 2.43. The van der Waals surface area contributed by atoms with Crippen molar-refractivity contribution in [1.82, 2.24) is 0 Å². The third kappa shape index (κ3) is 2.50. The zero-order valence-electron chi connectivity index (χ0n) is 9.53. The average molecular weight is 239 g/mol. The van der Waals surface area contributed by atoms with Gasteiger partial charge in [0.1, 0.15) is 0 Å². The van der Waals surface area contributed by atoms with E-state index in [0.717, 1.165) is 24.5 Å². The Bertz CT molecular complexity index is 338. The Hall–Kier alpha value is -0.730. The van der Waals surface area contributed by atoms with E-state index >= 15 is 0 Å². The number of anilines is 1. The lowest BCUT2D eigenvalue weighted by Gasteiger charge is -2.38. The molecule has 3 heteroatoms. The van der Waals surface area contributed by atoms with E-state index in [4.69, 9.17) is 17.3 Å². The predicted molar refractivity (Wildman–Crippen MR) is 70.1 cm³/mol. The molecular formula is C13H19ClN2. The number of para-hydroxylation sites is 1. The molecule has 16 heavy (non-hydrogen) atoms. The monoisotopic (exact) mass is 238 g/mol. The number of halogens is 1. The number of rotatable bonds is 3. The van der Waals surface area contributed by atoms with Gasteiger partial charge in [-0.05, 0) is 44.4 Å². The van der Waals surface area contributed by atoms with Crippen LogP contribution in [0, 0.1) is 0 Å². The van der Waals surface area contributed by atoms with E-state index < -0.39 is 0 Å². The molecule has 1 fully saturated rings. The van der Waals surface area contributed by atoms with Gasteiger partial charge in [0.05, 0.1) is 10.7 Å². The highest BCUT2D eigenvalue weighted by Crippen LogP contribution is 2.31. The van der Waals surface area contributed by atoms with Crippen LogP contribution in [-0.4, -0.2) is 19.1 Å². The summed E-state index contributed by atoms with van der Waals surface area (Å²) in [6, 6.07) is 8.67. The Morgan fingerprint density at radius 2 is 2.12 bits per heavy atom. The van der Waals surface area contributed by atoms with Crippen LogP contribution in [0.3, 0.4) is 0 Å². The SMILES string of the molecule is NCCC1CCCCN1c1ccccc1Cl. The van der Waals surface area contributed by atoms with Crippen molar-refractivity contribution in [3.63, 3.8) is 0 Å². The fraction of sp³-hybridized carbons (Fsp3) is 0.538. The summed E-state index contributed by atoms with van der Waals surface area (Å²) in [6.45, 7) is 1.86.